The molecule has 2 fully saturated rings. The van der Waals surface area contributed by atoms with Crippen molar-refractivity contribution in [2.45, 2.75) is 62.5 Å². The Morgan fingerprint density at radius 3 is 2.40 bits per heavy atom. The van der Waals surface area contributed by atoms with E-state index < -0.39 is 41.2 Å². The van der Waals surface area contributed by atoms with Gasteiger partial charge in [-0.2, -0.15) is 0 Å². The maximum Gasteiger partial charge on any atom is 0.231 e. The summed E-state index contributed by atoms with van der Waals surface area (Å²) in [5.74, 6) is -2.48. The van der Waals surface area contributed by atoms with Crippen molar-refractivity contribution >= 4 is 11.8 Å². The number of aliphatic hydroxyl groups is 2. The fourth-order valence-electron chi connectivity index (χ4n) is 7.69. The number of aromatic hydroxyl groups is 1. The molecule has 2 aliphatic heterocycles. The number of methoxy groups -OCH3 is 3. The number of carbonyl (C=O) groups excluding carboxylic acids is 2. The second-order valence-corrected chi connectivity index (χ2v) is 12.6. The molecule has 6 rings (SSSR count). The summed E-state index contributed by atoms with van der Waals surface area (Å²) in [6.45, 7) is 4.11. The highest BCUT2D eigenvalue weighted by Gasteiger charge is 2.76. The summed E-state index contributed by atoms with van der Waals surface area (Å²) in [4.78, 5) is 29.8. The smallest absolute Gasteiger partial charge is 0.231 e. The maximum atomic E-state index is 15.1. The Morgan fingerprint density at radius 2 is 1.77 bits per heavy atom. The minimum Gasteiger partial charge on any atom is -0.504 e. The van der Waals surface area contributed by atoms with E-state index in [0.717, 1.165) is 0 Å². The third-order valence-electron chi connectivity index (χ3n) is 10.2. The van der Waals surface area contributed by atoms with E-state index in [0.29, 0.717) is 42.7 Å². The number of phenols is 1. The molecule has 1 saturated carbocycles. The highest BCUT2D eigenvalue weighted by Crippen LogP contribution is 2.68. The molecule has 1 saturated heterocycles. The van der Waals surface area contributed by atoms with Crippen LogP contribution in [0, 0.1) is 11.8 Å². The predicted molar refractivity (Wildman–Crippen MR) is 171 cm³/mol. The zero-order valence-corrected chi connectivity index (χ0v) is 27.2. The number of nitrogens with one attached hydrogen (secondary N) is 1. The first-order valence-electron chi connectivity index (χ1n) is 16.0. The number of hydrogen-bond donors (Lipinski definition) is 4. The molecular formula is C36H42N2O9. The lowest BCUT2D eigenvalue weighted by atomic mass is 9.75. The predicted octanol–water partition coefficient (Wildman–Crippen LogP) is 3.78. The molecule has 250 valence electrons. The summed E-state index contributed by atoms with van der Waals surface area (Å²) >= 11 is 0. The van der Waals surface area contributed by atoms with E-state index >= 15 is 4.79 Å². The molecule has 2 heterocycles. The van der Waals surface area contributed by atoms with Crippen LogP contribution < -0.4 is 24.3 Å². The van der Waals surface area contributed by atoms with Gasteiger partial charge in [0.1, 0.15) is 35.1 Å². The van der Waals surface area contributed by atoms with Crippen LogP contribution in [-0.2, 0) is 20.8 Å². The van der Waals surface area contributed by atoms with Crippen molar-refractivity contribution in [1.29, 1.82) is 0 Å². The van der Waals surface area contributed by atoms with Crippen molar-refractivity contribution in [2.75, 3.05) is 27.9 Å². The molecule has 3 aromatic carbocycles. The van der Waals surface area contributed by atoms with Crippen molar-refractivity contribution in [1.82, 2.24) is 10.2 Å². The molecule has 0 spiro atoms. The van der Waals surface area contributed by atoms with Crippen LogP contribution in [0.5, 0.6) is 28.7 Å². The van der Waals surface area contributed by atoms with Crippen LogP contribution in [0.15, 0.2) is 60.7 Å². The normalized spacial score (nSPS) is 28.2. The minimum atomic E-state index is -2.26. The number of fused-ring (bicyclic) bond motifs is 4. The zero-order valence-electron chi connectivity index (χ0n) is 27.2. The molecule has 11 heteroatoms. The van der Waals surface area contributed by atoms with Gasteiger partial charge in [0.15, 0.2) is 17.1 Å². The number of ether oxygens (including phenoxy) is 4. The summed E-state index contributed by atoms with van der Waals surface area (Å²) in [6.07, 6.45) is -0.492. The molecular weight excluding hydrogens is 604 g/mol. The SMILES string of the molecule is CCC(C)C(=O)NC1CCCN1C(=O)C1[C@@H](c2ccccc2)[C@]2(c3ccc(OC)c(O)c3)Oc3cc(OC)cc(OC)c3[C@@]1(O)C2O. The number of nitrogens with zero attached hydrogens (tertiary/aromatic N) is 1. The lowest BCUT2D eigenvalue weighted by Gasteiger charge is -2.45. The van der Waals surface area contributed by atoms with Gasteiger partial charge >= 0.3 is 0 Å². The highest BCUT2D eigenvalue weighted by molar-refractivity contribution is 5.86. The number of hydrogen-bond acceptors (Lipinski definition) is 9. The lowest BCUT2D eigenvalue weighted by molar-refractivity contribution is -0.167. The first-order valence-corrected chi connectivity index (χ1v) is 16.0. The molecule has 11 nitrogen and oxygen atoms in total. The molecule has 0 radical (unpaired) electrons. The van der Waals surface area contributed by atoms with Crippen molar-refractivity contribution in [2.24, 2.45) is 11.8 Å². The molecule has 2 bridgehead atoms. The summed E-state index contributed by atoms with van der Waals surface area (Å²) in [5, 5.41) is 39.7. The van der Waals surface area contributed by atoms with Gasteiger partial charge in [0.05, 0.1) is 32.8 Å². The van der Waals surface area contributed by atoms with Crippen molar-refractivity contribution < 1.29 is 43.9 Å². The number of phenolic OH excluding ortho intramolecular Hbond substituents is 1. The number of aliphatic hydroxyl groups excluding tert-OH is 1. The first kappa shape index (κ1) is 32.5. The van der Waals surface area contributed by atoms with Gasteiger partial charge in [0, 0.05) is 36.1 Å². The van der Waals surface area contributed by atoms with E-state index in [2.05, 4.69) is 5.32 Å². The number of carbonyl (C=O) groups is 2. The van der Waals surface area contributed by atoms with Gasteiger partial charge in [-0.15, -0.1) is 0 Å². The maximum absolute atomic E-state index is 15.1. The molecule has 2 amide bonds. The zero-order chi connectivity index (χ0) is 33.7. The van der Waals surface area contributed by atoms with Gasteiger partial charge in [-0.3, -0.25) is 9.59 Å². The van der Waals surface area contributed by atoms with E-state index in [4.69, 9.17) is 18.9 Å². The second kappa shape index (κ2) is 12.3. The topological polar surface area (TPSA) is 147 Å². The van der Waals surface area contributed by atoms with Gasteiger partial charge in [0.25, 0.3) is 0 Å². The standard InChI is InChI=1S/C36H42N2O9/c1-6-20(2)32(40)37-28-13-10-16-38(28)33(41)31-29(21-11-8-7-9-12-21)36(22-14-15-25(45-4)24(39)17-22)34(42)35(31,43)30-26(46-5)18-23(44-3)19-27(30)47-36/h7-9,11-12,14-15,17-20,28-29,31,34,39,42-43H,6,10,13,16H2,1-5H3,(H,37,40)/t20?,28?,29-,31?,34?,35+,36+/m1/s1. The second-order valence-electron chi connectivity index (χ2n) is 12.6. The fraction of sp³-hybridized carbons (Fsp3) is 0.444. The minimum absolute atomic E-state index is 0.109. The Kier molecular flexibility index (Phi) is 8.48. The Hall–Kier alpha value is -4.48. The van der Waals surface area contributed by atoms with E-state index in [1.807, 2.05) is 44.2 Å². The molecule has 3 aromatic rings. The lowest BCUT2D eigenvalue weighted by Crippen LogP contribution is -2.56. The van der Waals surface area contributed by atoms with Crippen molar-refractivity contribution in [3.63, 3.8) is 0 Å². The number of rotatable bonds is 9. The van der Waals surface area contributed by atoms with Crippen LogP contribution >= 0.6 is 0 Å². The number of amides is 2. The molecule has 1 aliphatic carbocycles. The Morgan fingerprint density at radius 1 is 1.04 bits per heavy atom. The monoisotopic (exact) mass is 646 g/mol. The van der Waals surface area contributed by atoms with E-state index in [1.165, 1.54) is 27.4 Å². The molecule has 0 aromatic heterocycles. The van der Waals surface area contributed by atoms with Crippen LogP contribution in [0.25, 0.3) is 0 Å². The molecule has 47 heavy (non-hydrogen) atoms. The molecule has 3 aliphatic rings. The largest absolute Gasteiger partial charge is 0.504 e. The third-order valence-corrected chi connectivity index (χ3v) is 10.2. The highest BCUT2D eigenvalue weighted by atomic mass is 16.5. The molecule has 7 atom stereocenters. The van der Waals surface area contributed by atoms with E-state index in [-0.39, 0.29) is 40.4 Å². The third kappa shape index (κ3) is 4.86. The van der Waals surface area contributed by atoms with Gasteiger partial charge in [-0.1, -0.05) is 50.2 Å². The fourth-order valence-corrected chi connectivity index (χ4v) is 7.69. The van der Waals surface area contributed by atoms with Crippen LogP contribution in [0.2, 0.25) is 0 Å². The van der Waals surface area contributed by atoms with Crippen molar-refractivity contribution in [3.05, 3.63) is 77.4 Å². The Labute approximate surface area is 274 Å². The van der Waals surface area contributed by atoms with Crippen LogP contribution in [0.4, 0.5) is 0 Å². The average molecular weight is 647 g/mol. The van der Waals surface area contributed by atoms with Gasteiger partial charge in [-0.25, -0.2) is 0 Å². The summed E-state index contributed by atoms with van der Waals surface area (Å²) in [7, 11) is 4.34. The van der Waals surface area contributed by atoms with Crippen LogP contribution in [0.3, 0.4) is 0 Å². The summed E-state index contributed by atoms with van der Waals surface area (Å²) in [6, 6.07) is 16.9. The molecule has 4 unspecified atom stereocenters. The van der Waals surface area contributed by atoms with E-state index in [9.17, 15) is 20.1 Å². The first-order chi connectivity index (χ1) is 22.6. The van der Waals surface area contributed by atoms with Crippen LogP contribution in [0.1, 0.15) is 55.7 Å². The quantitative estimate of drug-likeness (QED) is 0.273. The van der Waals surface area contributed by atoms with E-state index in [1.54, 1.807) is 29.2 Å². The Balaban J connectivity index is 1.62. The summed E-state index contributed by atoms with van der Waals surface area (Å²) in [5.41, 5.74) is -3.00. The van der Waals surface area contributed by atoms with Crippen molar-refractivity contribution in [3.8, 4) is 28.7 Å². The Bertz CT molecular complexity index is 1670. The van der Waals surface area contributed by atoms with Gasteiger partial charge in [0.2, 0.25) is 11.8 Å². The number of likely N-dealkylation sites (tertiary alicyclic amines) is 1. The number of benzene rings is 3. The molecule has 4 N–H and O–H groups in total. The summed E-state index contributed by atoms with van der Waals surface area (Å²) < 4.78 is 23.5. The average Bonchev–Trinajstić information content (AvgIpc) is 3.59. The van der Waals surface area contributed by atoms with Gasteiger partial charge < -0.3 is 44.5 Å². The van der Waals surface area contributed by atoms with Gasteiger partial charge in [-0.05, 0) is 37.0 Å². The van der Waals surface area contributed by atoms with Crippen LogP contribution in [-0.4, -0.2) is 72.2 Å².